The lowest BCUT2D eigenvalue weighted by atomic mass is 9.87. The van der Waals surface area contributed by atoms with Crippen LogP contribution < -0.4 is 0 Å². The van der Waals surface area contributed by atoms with Gasteiger partial charge in [0.05, 0.1) is 4.90 Å². The number of sulfone groups is 1. The molecule has 1 rings (SSSR count). The average molecular weight is 280 g/mol. The van der Waals surface area contributed by atoms with Crippen LogP contribution in [0.4, 0.5) is 13.2 Å². The maximum absolute atomic E-state index is 13.1. The topological polar surface area (TPSA) is 34.1 Å². The van der Waals surface area contributed by atoms with E-state index in [1.807, 2.05) is 20.8 Å². The van der Waals surface area contributed by atoms with Gasteiger partial charge in [-0.15, -0.1) is 0 Å². The Hall–Kier alpha value is -1.04. The van der Waals surface area contributed by atoms with E-state index in [0.717, 1.165) is 6.07 Å². The van der Waals surface area contributed by atoms with Crippen molar-refractivity contribution in [3.8, 4) is 0 Å². The molecule has 0 fully saturated rings. The maximum Gasteiger partial charge on any atom is 0.377 e. The van der Waals surface area contributed by atoms with Gasteiger partial charge >= 0.3 is 5.25 Å². The van der Waals surface area contributed by atoms with Crippen LogP contribution in [-0.2, 0) is 15.3 Å². The Morgan fingerprint density at radius 1 is 1.17 bits per heavy atom. The highest BCUT2D eigenvalue weighted by Gasteiger charge is 2.46. The van der Waals surface area contributed by atoms with Gasteiger partial charge in [-0.2, -0.15) is 8.78 Å². The summed E-state index contributed by atoms with van der Waals surface area (Å²) in [5.74, 6) is 0. The van der Waals surface area contributed by atoms with Gasteiger partial charge in [0.2, 0.25) is 9.84 Å². The minimum atomic E-state index is -4.98. The van der Waals surface area contributed by atoms with Crippen LogP contribution in [0.2, 0.25) is 0 Å². The Labute approximate surface area is 105 Å². The molecule has 0 aromatic heterocycles. The van der Waals surface area contributed by atoms with Crippen LogP contribution in [0.1, 0.15) is 26.3 Å². The molecule has 6 heteroatoms. The van der Waals surface area contributed by atoms with Crippen molar-refractivity contribution < 1.29 is 21.6 Å². The highest BCUT2D eigenvalue weighted by Crippen LogP contribution is 2.32. The van der Waals surface area contributed by atoms with Crippen LogP contribution in [0.25, 0.3) is 0 Å². The predicted molar refractivity (Wildman–Crippen MR) is 63.2 cm³/mol. The summed E-state index contributed by atoms with van der Waals surface area (Å²) in [5.41, 5.74) is 0.217. The van der Waals surface area contributed by atoms with Gasteiger partial charge in [0.25, 0.3) is 0 Å². The van der Waals surface area contributed by atoms with Gasteiger partial charge in [-0.1, -0.05) is 32.9 Å². The van der Waals surface area contributed by atoms with Gasteiger partial charge in [-0.05, 0) is 23.1 Å². The fourth-order valence-electron chi connectivity index (χ4n) is 1.37. The summed E-state index contributed by atoms with van der Waals surface area (Å²) in [6, 6.07) is 5.24. The van der Waals surface area contributed by atoms with E-state index in [4.69, 9.17) is 0 Å². The SMILES string of the molecule is CC(C)(C)c1cccc(S(=O)(=O)C(F)(F)CF)c1. The zero-order chi connectivity index (χ0) is 14.2. The quantitative estimate of drug-likeness (QED) is 0.851. The first kappa shape index (κ1) is 15.0. The first-order valence-electron chi connectivity index (χ1n) is 5.31. The molecule has 0 aliphatic carbocycles. The summed E-state index contributed by atoms with van der Waals surface area (Å²) in [4.78, 5) is -0.558. The molecule has 0 atom stereocenters. The van der Waals surface area contributed by atoms with E-state index in [2.05, 4.69) is 0 Å². The lowest BCUT2D eigenvalue weighted by Crippen LogP contribution is -2.31. The Morgan fingerprint density at radius 2 is 1.72 bits per heavy atom. The van der Waals surface area contributed by atoms with Crippen molar-refractivity contribution in [2.45, 2.75) is 36.3 Å². The number of halogens is 3. The third kappa shape index (κ3) is 2.68. The molecule has 0 N–H and O–H groups in total. The molecule has 18 heavy (non-hydrogen) atoms. The van der Waals surface area contributed by atoms with E-state index in [-0.39, 0.29) is 5.41 Å². The Balaban J connectivity index is 3.36. The highest BCUT2D eigenvalue weighted by atomic mass is 32.2. The van der Waals surface area contributed by atoms with Gasteiger partial charge in [-0.3, -0.25) is 0 Å². The average Bonchev–Trinajstić information content (AvgIpc) is 2.28. The van der Waals surface area contributed by atoms with Crippen molar-refractivity contribution in [1.82, 2.24) is 0 Å². The van der Waals surface area contributed by atoms with Gasteiger partial charge in [0.15, 0.2) is 6.67 Å². The summed E-state index contributed by atoms with van der Waals surface area (Å²) >= 11 is 0. The van der Waals surface area contributed by atoms with E-state index in [1.165, 1.54) is 12.1 Å². The normalized spacial score (nSPS) is 13.7. The van der Waals surface area contributed by atoms with Crippen molar-refractivity contribution >= 4 is 9.84 Å². The van der Waals surface area contributed by atoms with E-state index < -0.39 is 26.7 Å². The second-order valence-corrected chi connectivity index (χ2v) is 7.13. The van der Waals surface area contributed by atoms with Crippen molar-refractivity contribution in [2.24, 2.45) is 0 Å². The first-order chi connectivity index (χ1) is 8.02. The van der Waals surface area contributed by atoms with Crippen LogP contribution in [0.5, 0.6) is 0 Å². The molecule has 1 aromatic carbocycles. The minimum absolute atomic E-state index is 0.378. The van der Waals surface area contributed by atoms with Crippen LogP contribution >= 0.6 is 0 Å². The molecule has 102 valence electrons. The van der Waals surface area contributed by atoms with Gasteiger partial charge in [0, 0.05) is 0 Å². The van der Waals surface area contributed by atoms with Crippen molar-refractivity contribution in [2.75, 3.05) is 6.67 Å². The molecule has 0 heterocycles. The molecule has 0 unspecified atom stereocenters. The predicted octanol–water partition coefficient (Wildman–Crippen LogP) is 3.32. The van der Waals surface area contributed by atoms with Crippen LogP contribution in [0.15, 0.2) is 29.2 Å². The summed E-state index contributed by atoms with van der Waals surface area (Å²) in [6.07, 6.45) is 0. The van der Waals surface area contributed by atoms with Gasteiger partial charge < -0.3 is 0 Å². The molecule has 0 radical (unpaired) electrons. The van der Waals surface area contributed by atoms with Crippen molar-refractivity contribution in [3.63, 3.8) is 0 Å². The molecule has 0 saturated heterocycles. The molecule has 0 bridgehead atoms. The van der Waals surface area contributed by atoms with Gasteiger partial charge in [-0.25, -0.2) is 12.8 Å². The zero-order valence-electron chi connectivity index (χ0n) is 10.4. The molecule has 0 aliphatic rings. The van der Waals surface area contributed by atoms with E-state index >= 15 is 0 Å². The van der Waals surface area contributed by atoms with E-state index in [1.54, 1.807) is 6.07 Å². The zero-order valence-corrected chi connectivity index (χ0v) is 11.2. The fraction of sp³-hybridized carbons (Fsp3) is 0.500. The van der Waals surface area contributed by atoms with Crippen LogP contribution in [0, 0.1) is 0 Å². The maximum atomic E-state index is 13.1. The Bertz CT molecular complexity index is 530. The summed E-state index contributed by atoms with van der Waals surface area (Å²) in [5, 5.41) is -4.39. The van der Waals surface area contributed by atoms with Gasteiger partial charge in [0.1, 0.15) is 0 Å². The Kier molecular flexibility index (Phi) is 3.81. The molecular weight excluding hydrogens is 265 g/mol. The Morgan fingerprint density at radius 3 is 2.17 bits per heavy atom. The second-order valence-electron chi connectivity index (χ2n) is 5.05. The lowest BCUT2D eigenvalue weighted by Gasteiger charge is -2.20. The monoisotopic (exact) mass is 280 g/mol. The molecule has 2 nitrogen and oxygen atoms in total. The lowest BCUT2D eigenvalue weighted by molar-refractivity contribution is 0.0620. The number of hydrogen-bond acceptors (Lipinski definition) is 2. The number of rotatable bonds is 3. The first-order valence-corrected chi connectivity index (χ1v) is 6.79. The third-order valence-electron chi connectivity index (χ3n) is 2.56. The number of hydrogen-bond donors (Lipinski definition) is 0. The van der Waals surface area contributed by atoms with Crippen molar-refractivity contribution in [3.05, 3.63) is 29.8 Å². The summed E-state index contributed by atoms with van der Waals surface area (Å²) < 4.78 is 61.5. The molecule has 0 aliphatic heterocycles. The van der Waals surface area contributed by atoms with Crippen molar-refractivity contribution in [1.29, 1.82) is 0 Å². The highest BCUT2D eigenvalue weighted by molar-refractivity contribution is 7.92. The molecule has 0 saturated carbocycles. The number of benzene rings is 1. The smallest absolute Gasteiger partial charge is 0.243 e. The van der Waals surface area contributed by atoms with Crippen LogP contribution in [-0.4, -0.2) is 20.3 Å². The largest absolute Gasteiger partial charge is 0.377 e. The minimum Gasteiger partial charge on any atom is -0.243 e. The standard InChI is InChI=1S/C12H15F3O2S/c1-11(2,3)9-5-4-6-10(7-9)18(16,17)12(14,15)8-13/h4-7H,8H2,1-3H3. The number of alkyl halides is 3. The molecule has 0 amide bonds. The fourth-order valence-corrected chi connectivity index (χ4v) is 2.40. The van der Waals surface area contributed by atoms with Crippen LogP contribution in [0.3, 0.4) is 0 Å². The summed E-state index contributed by atoms with van der Waals surface area (Å²) in [6.45, 7) is 3.25. The van der Waals surface area contributed by atoms with E-state index in [9.17, 15) is 21.6 Å². The summed E-state index contributed by atoms with van der Waals surface area (Å²) in [7, 11) is -4.98. The third-order valence-corrected chi connectivity index (χ3v) is 4.33. The van der Waals surface area contributed by atoms with E-state index in [0.29, 0.717) is 5.56 Å². The molecular formula is C12H15F3O2S. The molecule has 1 aromatic rings. The second kappa shape index (κ2) is 4.57. The molecule has 0 spiro atoms.